The van der Waals surface area contributed by atoms with Gasteiger partial charge in [-0.2, -0.15) is 0 Å². The summed E-state index contributed by atoms with van der Waals surface area (Å²) in [6.45, 7) is 3.41. The summed E-state index contributed by atoms with van der Waals surface area (Å²) in [5.74, 6) is -0.338. The van der Waals surface area contributed by atoms with Gasteiger partial charge in [0.1, 0.15) is 0 Å². The van der Waals surface area contributed by atoms with Crippen LogP contribution in [0.25, 0.3) is 0 Å². The molecule has 62 valence electrons. The molecule has 0 N–H and O–H groups in total. The van der Waals surface area contributed by atoms with Gasteiger partial charge in [-0.25, -0.2) is 0 Å². The smallest absolute Gasteiger partial charge is 0.309 e. The molecule has 0 aliphatic carbocycles. The third-order valence-electron chi connectivity index (χ3n) is 1.97. The topological polar surface area (TPSA) is 43.4 Å². The van der Waals surface area contributed by atoms with E-state index < -0.39 is 6.10 Å². The van der Waals surface area contributed by atoms with Crippen LogP contribution in [0.4, 0.5) is 0 Å². The SMILES string of the molecule is C[C@@H]1CCC(=O)[C@H](C)OC1=O. The highest BCUT2D eigenvalue weighted by Crippen LogP contribution is 2.15. The molecule has 2 atom stereocenters. The number of Topliss-reactive ketones (excluding diaryl/α,β-unsaturated/α-hetero) is 1. The molecule has 3 heteroatoms. The van der Waals surface area contributed by atoms with Crippen molar-refractivity contribution in [3.05, 3.63) is 0 Å². The van der Waals surface area contributed by atoms with Crippen LogP contribution in [0.2, 0.25) is 0 Å². The van der Waals surface area contributed by atoms with Gasteiger partial charge in [0.15, 0.2) is 11.9 Å². The van der Waals surface area contributed by atoms with Crippen molar-refractivity contribution in [2.75, 3.05) is 0 Å². The lowest BCUT2D eigenvalue weighted by atomic mass is 10.0. The molecule has 0 unspecified atom stereocenters. The zero-order valence-electron chi connectivity index (χ0n) is 6.79. The average molecular weight is 156 g/mol. The summed E-state index contributed by atoms with van der Waals surface area (Å²) >= 11 is 0. The summed E-state index contributed by atoms with van der Waals surface area (Å²) in [5.41, 5.74) is 0. The van der Waals surface area contributed by atoms with Crippen LogP contribution >= 0.6 is 0 Å². The minimum absolute atomic E-state index is 0.0303. The second-order valence-electron chi connectivity index (χ2n) is 2.99. The van der Waals surface area contributed by atoms with Gasteiger partial charge in [0.05, 0.1) is 5.92 Å². The Hall–Kier alpha value is -0.860. The van der Waals surface area contributed by atoms with Crippen molar-refractivity contribution in [1.29, 1.82) is 0 Å². The largest absolute Gasteiger partial charge is 0.454 e. The van der Waals surface area contributed by atoms with Gasteiger partial charge >= 0.3 is 5.97 Å². The first-order valence-corrected chi connectivity index (χ1v) is 3.84. The van der Waals surface area contributed by atoms with Gasteiger partial charge in [0.25, 0.3) is 0 Å². The molecule has 3 nitrogen and oxygen atoms in total. The normalized spacial score (nSPS) is 32.9. The molecule has 0 aromatic carbocycles. The third kappa shape index (κ3) is 1.79. The van der Waals surface area contributed by atoms with E-state index in [0.29, 0.717) is 12.8 Å². The van der Waals surface area contributed by atoms with E-state index in [1.807, 2.05) is 0 Å². The van der Waals surface area contributed by atoms with Gasteiger partial charge in [0, 0.05) is 6.42 Å². The Balaban J connectivity index is 2.66. The standard InChI is InChI=1S/C8H12O3/c1-5-3-4-7(9)6(2)11-8(5)10/h5-6H,3-4H2,1-2H3/t5-,6+/m1/s1. The number of carbonyl (C=O) groups is 2. The molecule has 0 spiro atoms. The van der Waals surface area contributed by atoms with Gasteiger partial charge in [-0.15, -0.1) is 0 Å². The Bertz CT molecular complexity index is 186. The number of carbonyl (C=O) groups excluding carboxylic acids is 2. The Kier molecular flexibility index (Phi) is 2.27. The Morgan fingerprint density at radius 1 is 1.36 bits per heavy atom. The lowest BCUT2D eigenvalue weighted by molar-refractivity contribution is -0.154. The van der Waals surface area contributed by atoms with Crippen molar-refractivity contribution in [3.63, 3.8) is 0 Å². The van der Waals surface area contributed by atoms with Crippen molar-refractivity contribution >= 4 is 11.8 Å². The number of esters is 1. The van der Waals surface area contributed by atoms with E-state index >= 15 is 0 Å². The Morgan fingerprint density at radius 2 is 2.00 bits per heavy atom. The molecule has 1 saturated heterocycles. The summed E-state index contributed by atoms with van der Waals surface area (Å²) in [5, 5.41) is 0. The molecule has 1 fully saturated rings. The van der Waals surface area contributed by atoms with Crippen LogP contribution in [0.3, 0.4) is 0 Å². The van der Waals surface area contributed by atoms with Crippen LogP contribution in [-0.4, -0.2) is 17.9 Å². The van der Waals surface area contributed by atoms with Crippen LogP contribution in [-0.2, 0) is 14.3 Å². The Labute approximate surface area is 65.7 Å². The van der Waals surface area contributed by atoms with Crippen molar-refractivity contribution < 1.29 is 14.3 Å². The van der Waals surface area contributed by atoms with Crippen LogP contribution in [0.15, 0.2) is 0 Å². The summed E-state index contributed by atoms with van der Waals surface area (Å²) in [6, 6.07) is 0. The molecule has 0 bridgehead atoms. The number of hydrogen-bond donors (Lipinski definition) is 0. The molecule has 1 rings (SSSR count). The van der Waals surface area contributed by atoms with Crippen molar-refractivity contribution in [3.8, 4) is 0 Å². The fourth-order valence-electron chi connectivity index (χ4n) is 1.04. The second-order valence-corrected chi connectivity index (χ2v) is 2.99. The van der Waals surface area contributed by atoms with E-state index in [-0.39, 0.29) is 17.7 Å². The van der Waals surface area contributed by atoms with Crippen molar-refractivity contribution in [2.45, 2.75) is 32.8 Å². The maximum Gasteiger partial charge on any atom is 0.309 e. The highest BCUT2D eigenvalue weighted by Gasteiger charge is 2.26. The molecular formula is C8H12O3. The first-order chi connectivity index (χ1) is 5.11. The predicted octanol–water partition coefficient (Wildman–Crippen LogP) is 0.917. The number of ether oxygens (including phenoxy) is 1. The summed E-state index contributed by atoms with van der Waals surface area (Å²) < 4.78 is 4.85. The molecule has 0 aromatic heterocycles. The van der Waals surface area contributed by atoms with E-state index in [9.17, 15) is 9.59 Å². The van der Waals surface area contributed by atoms with Gasteiger partial charge in [-0.3, -0.25) is 9.59 Å². The lowest BCUT2D eigenvalue weighted by Gasteiger charge is -2.08. The van der Waals surface area contributed by atoms with E-state index in [0.717, 1.165) is 0 Å². The molecule has 11 heavy (non-hydrogen) atoms. The van der Waals surface area contributed by atoms with Crippen molar-refractivity contribution in [1.82, 2.24) is 0 Å². The zero-order valence-corrected chi connectivity index (χ0v) is 6.79. The first kappa shape index (κ1) is 8.24. The second kappa shape index (κ2) is 3.03. The summed E-state index contributed by atoms with van der Waals surface area (Å²) in [6.07, 6.45) is 0.559. The fraction of sp³-hybridized carbons (Fsp3) is 0.750. The quantitative estimate of drug-likeness (QED) is 0.490. The maximum absolute atomic E-state index is 11.0. The van der Waals surface area contributed by atoms with Gasteiger partial charge < -0.3 is 4.74 Å². The van der Waals surface area contributed by atoms with Crippen LogP contribution in [0.5, 0.6) is 0 Å². The third-order valence-corrected chi connectivity index (χ3v) is 1.97. The molecule has 1 aliphatic rings. The molecule has 0 radical (unpaired) electrons. The van der Waals surface area contributed by atoms with Crippen molar-refractivity contribution in [2.24, 2.45) is 5.92 Å². The predicted molar refractivity (Wildman–Crippen MR) is 39.0 cm³/mol. The number of cyclic esters (lactones) is 1. The minimum Gasteiger partial charge on any atom is -0.454 e. The van der Waals surface area contributed by atoms with Crippen LogP contribution in [0, 0.1) is 5.92 Å². The molecule has 1 heterocycles. The number of hydrogen-bond acceptors (Lipinski definition) is 3. The van der Waals surface area contributed by atoms with E-state index in [1.165, 1.54) is 0 Å². The molecule has 0 saturated carbocycles. The Morgan fingerprint density at radius 3 is 2.64 bits per heavy atom. The summed E-state index contributed by atoms with van der Waals surface area (Å²) in [4.78, 5) is 22.0. The molecule has 0 amide bonds. The van der Waals surface area contributed by atoms with Crippen LogP contribution < -0.4 is 0 Å². The zero-order chi connectivity index (χ0) is 8.43. The monoisotopic (exact) mass is 156 g/mol. The fourth-order valence-corrected chi connectivity index (χ4v) is 1.04. The van der Waals surface area contributed by atoms with E-state index in [1.54, 1.807) is 13.8 Å². The van der Waals surface area contributed by atoms with E-state index in [2.05, 4.69) is 0 Å². The highest BCUT2D eigenvalue weighted by molar-refractivity contribution is 5.87. The number of rotatable bonds is 0. The number of ketones is 1. The lowest BCUT2D eigenvalue weighted by Crippen LogP contribution is -2.21. The average Bonchev–Trinajstić information content (AvgIpc) is 2.05. The molecule has 1 aliphatic heterocycles. The molecular weight excluding hydrogens is 144 g/mol. The highest BCUT2D eigenvalue weighted by atomic mass is 16.5. The van der Waals surface area contributed by atoms with Gasteiger partial charge in [-0.05, 0) is 13.3 Å². The molecule has 0 aromatic rings. The van der Waals surface area contributed by atoms with E-state index in [4.69, 9.17) is 4.74 Å². The first-order valence-electron chi connectivity index (χ1n) is 3.84. The van der Waals surface area contributed by atoms with Gasteiger partial charge in [-0.1, -0.05) is 6.92 Å². The maximum atomic E-state index is 11.0. The minimum atomic E-state index is -0.535. The van der Waals surface area contributed by atoms with Crippen LogP contribution in [0.1, 0.15) is 26.7 Å². The van der Waals surface area contributed by atoms with Gasteiger partial charge in [0.2, 0.25) is 0 Å². The summed E-state index contributed by atoms with van der Waals surface area (Å²) in [7, 11) is 0.